The molecule has 2 bridgehead atoms. The summed E-state index contributed by atoms with van der Waals surface area (Å²) >= 11 is 0. The number of hydrogen-bond acceptors (Lipinski definition) is 6. The van der Waals surface area contributed by atoms with E-state index in [0.29, 0.717) is 30.9 Å². The Balaban J connectivity index is 1.58. The molecule has 5 aliphatic rings. The lowest BCUT2D eigenvalue weighted by Gasteiger charge is -2.65. The highest BCUT2D eigenvalue weighted by molar-refractivity contribution is 5.82. The molecule has 2 heterocycles. The molecule has 5 N–H and O–H groups in total. The second-order valence-electron chi connectivity index (χ2n) is 9.60. The number of hydrogen-bond donors (Lipinski definition) is 4. The maximum absolute atomic E-state index is 12.2. The van der Waals surface area contributed by atoms with Crippen molar-refractivity contribution in [3.05, 3.63) is 23.3 Å². The molecule has 150 valence electrons. The number of nitrogens with two attached hydrogens (primary N) is 1. The molecule has 1 aromatic rings. The molecule has 0 radical (unpaired) electrons. The van der Waals surface area contributed by atoms with E-state index in [9.17, 15) is 20.1 Å². The van der Waals surface area contributed by atoms with Gasteiger partial charge in [-0.05, 0) is 62.6 Å². The van der Waals surface area contributed by atoms with E-state index in [1.54, 1.807) is 6.07 Å². The van der Waals surface area contributed by atoms with Crippen LogP contribution < -0.4 is 10.5 Å². The van der Waals surface area contributed by atoms with Crippen LogP contribution in [0.15, 0.2) is 12.1 Å². The highest BCUT2D eigenvalue weighted by Gasteiger charge is 2.76. The van der Waals surface area contributed by atoms with E-state index in [0.717, 1.165) is 24.2 Å². The third-order valence-corrected chi connectivity index (χ3v) is 8.30. The lowest BCUT2D eigenvalue weighted by Crippen LogP contribution is -2.81. The molecule has 1 aromatic carbocycles. The van der Waals surface area contributed by atoms with Crippen LogP contribution in [0.2, 0.25) is 0 Å². The second kappa shape index (κ2) is 5.01. The Morgan fingerprint density at radius 2 is 2.07 bits per heavy atom. The Kier molecular flexibility index (Phi) is 3.05. The average Bonchev–Trinajstić information content (AvgIpc) is 3.39. The summed E-state index contributed by atoms with van der Waals surface area (Å²) in [6, 6.07) is 3.45. The molecule has 3 fully saturated rings. The summed E-state index contributed by atoms with van der Waals surface area (Å²) in [6.45, 7) is 1.77. The number of carboxylic acid groups (broad SMARTS) is 1. The number of ether oxygens (including phenoxy) is 1. The number of nitrogens with zero attached hydrogens (tertiary/aromatic N) is 1. The van der Waals surface area contributed by atoms with Gasteiger partial charge in [0.1, 0.15) is 6.10 Å². The molecule has 1 unspecified atom stereocenters. The highest BCUT2D eigenvalue weighted by Crippen LogP contribution is 2.66. The monoisotopic (exact) mass is 386 g/mol. The van der Waals surface area contributed by atoms with Crippen LogP contribution in [0.5, 0.6) is 11.5 Å². The Bertz CT molecular complexity index is 901. The number of aliphatic hydroxyl groups is 1. The summed E-state index contributed by atoms with van der Waals surface area (Å²) < 4.78 is 6.15. The Morgan fingerprint density at radius 1 is 1.29 bits per heavy atom. The van der Waals surface area contributed by atoms with Gasteiger partial charge in [0.25, 0.3) is 0 Å². The van der Waals surface area contributed by atoms with E-state index < -0.39 is 28.6 Å². The van der Waals surface area contributed by atoms with Crippen LogP contribution in [0.25, 0.3) is 0 Å². The van der Waals surface area contributed by atoms with E-state index in [4.69, 9.17) is 10.5 Å². The van der Waals surface area contributed by atoms with Crippen LogP contribution in [0.3, 0.4) is 0 Å². The number of phenols is 1. The van der Waals surface area contributed by atoms with Gasteiger partial charge in [0.15, 0.2) is 17.0 Å². The molecule has 0 aromatic heterocycles. The summed E-state index contributed by atoms with van der Waals surface area (Å²) in [5.41, 5.74) is 4.71. The zero-order valence-electron chi connectivity index (χ0n) is 15.7. The standard InChI is InChI=1S/C21H26N2O5/c22-20(18(25)26)5-6-21(27)14-9-12-3-4-13(24)16-15(12)19(21,17(20)28-16)7-8-23(14)10-11-1-2-11/h3-4,11,14,17,24,27H,1-2,5-10,22H2,(H,25,26)/t14-,17-,19?,20+,21-/m1/s1. The molecule has 5 atom stereocenters. The quantitative estimate of drug-likeness (QED) is 0.605. The van der Waals surface area contributed by atoms with Gasteiger partial charge >= 0.3 is 5.97 Å². The van der Waals surface area contributed by atoms with Gasteiger partial charge < -0.3 is 25.8 Å². The lowest BCUT2D eigenvalue weighted by atomic mass is 9.46. The van der Waals surface area contributed by atoms with Gasteiger partial charge in [-0.2, -0.15) is 0 Å². The smallest absolute Gasteiger partial charge is 0.327 e. The number of carbonyl (C=O) groups is 1. The van der Waals surface area contributed by atoms with Crippen LogP contribution in [0.1, 0.15) is 43.2 Å². The molecule has 0 amide bonds. The number of phenolic OH excluding ortho intramolecular Hbond substituents is 1. The molecule has 1 spiro atoms. The maximum atomic E-state index is 12.2. The zero-order chi connectivity index (χ0) is 19.5. The summed E-state index contributed by atoms with van der Waals surface area (Å²) in [5.74, 6) is -0.0731. The Labute approximate surface area is 163 Å². The molecule has 2 saturated carbocycles. The van der Waals surface area contributed by atoms with Gasteiger partial charge in [0.05, 0.1) is 11.0 Å². The van der Waals surface area contributed by atoms with Gasteiger partial charge in [0.2, 0.25) is 0 Å². The lowest BCUT2D eigenvalue weighted by molar-refractivity contribution is -0.207. The first kappa shape index (κ1) is 17.1. The van der Waals surface area contributed by atoms with Crippen molar-refractivity contribution in [1.82, 2.24) is 4.90 Å². The van der Waals surface area contributed by atoms with Crippen molar-refractivity contribution in [1.29, 1.82) is 0 Å². The largest absolute Gasteiger partial charge is 0.504 e. The molecule has 7 heteroatoms. The molecule has 6 rings (SSSR count). The van der Waals surface area contributed by atoms with Gasteiger partial charge in [-0.25, -0.2) is 0 Å². The van der Waals surface area contributed by atoms with Gasteiger partial charge in [-0.15, -0.1) is 0 Å². The summed E-state index contributed by atoms with van der Waals surface area (Å²) in [4.78, 5) is 14.6. The van der Waals surface area contributed by atoms with E-state index in [2.05, 4.69) is 4.90 Å². The fourth-order valence-electron chi connectivity index (χ4n) is 6.77. The van der Waals surface area contributed by atoms with Crippen molar-refractivity contribution in [2.24, 2.45) is 11.7 Å². The second-order valence-corrected chi connectivity index (χ2v) is 9.60. The van der Waals surface area contributed by atoms with E-state index in [1.807, 2.05) is 6.07 Å². The SMILES string of the molecule is N[C@@]1(C(=O)O)CC[C@@]2(O)[C@H]3Cc4ccc(O)c5c4C2(CCN3CC2CC2)[C@H]1O5. The minimum atomic E-state index is -1.59. The van der Waals surface area contributed by atoms with Crippen molar-refractivity contribution in [2.45, 2.75) is 67.2 Å². The molecule has 7 nitrogen and oxygen atoms in total. The van der Waals surface area contributed by atoms with Gasteiger partial charge in [0, 0.05) is 18.2 Å². The number of likely N-dealkylation sites (tertiary alicyclic amines) is 1. The normalized spacial score (nSPS) is 43.4. The van der Waals surface area contributed by atoms with Gasteiger partial charge in [-0.1, -0.05) is 6.07 Å². The van der Waals surface area contributed by atoms with Crippen LogP contribution in [0.4, 0.5) is 0 Å². The van der Waals surface area contributed by atoms with Crippen LogP contribution in [-0.4, -0.2) is 62.6 Å². The molecule has 1 saturated heterocycles. The van der Waals surface area contributed by atoms with Crippen molar-refractivity contribution < 1.29 is 24.9 Å². The first-order chi connectivity index (χ1) is 13.3. The third kappa shape index (κ3) is 1.75. The number of piperidine rings is 1. The van der Waals surface area contributed by atoms with Crippen LogP contribution >= 0.6 is 0 Å². The van der Waals surface area contributed by atoms with E-state index in [1.165, 1.54) is 12.8 Å². The zero-order valence-corrected chi connectivity index (χ0v) is 15.7. The number of benzene rings is 1. The summed E-state index contributed by atoms with van der Waals surface area (Å²) in [6.07, 6.45) is 3.38. The number of aliphatic carboxylic acids is 1. The molecular formula is C21H26N2O5. The molecular weight excluding hydrogens is 360 g/mol. The van der Waals surface area contributed by atoms with Crippen molar-refractivity contribution in [3.8, 4) is 11.5 Å². The predicted octanol–water partition coefficient (Wildman–Crippen LogP) is 0.738. The summed E-state index contributed by atoms with van der Waals surface area (Å²) in [7, 11) is 0. The molecule has 2 aliphatic heterocycles. The predicted molar refractivity (Wildman–Crippen MR) is 99.3 cm³/mol. The molecule has 3 aliphatic carbocycles. The fourth-order valence-corrected chi connectivity index (χ4v) is 6.77. The number of aromatic hydroxyl groups is 1. The fraction of sp³-hybridized carbons (Fsp3) is 0.667. The highest BCUT2D eigenvalue weighted by atomic mass is 16.5. The first-order valence-electron chi connectivity index (χ1n) is 10.3. The van der Waals surface area contributed by atoms with Crippen LogP contribution in [-0.2, 0) is 16.6 Å². The van der Waals surface area contributed by atoms with Crippen LogP contribution in [0, 0.1) is 5.92 Å². The maximum Gasteiger partial charge on any atom is 0.327 e. The topological polar surface area (TPSA) is 116 Å². The average molecular weight is 386 g/mol. The van der Waals surface area contributed by atoms with Crippen molar-refractivity contribution in [3.63, 3.8) is 0 Å². The summed E-state index contributed by atoms with van der Waals surface area (Å²) in [5, 5.41) is 32.6. The van der Waals surface area contributed by atoms with Crippen molar-refractivity contribution >= 4 is 5.97 Å². The number of rotatable bonds is 3. The third-order valence-electron chi connectivity index (χ3n) is 8.30. The Morgan fingerprint density at radius 3 is 2.79 bits per heavy atom. The van der Waals surface area contributed by atoms with E-state index in [-0.39, 0.29) is 18.2 Å². The first-order valence-corrected chi connectivity index (χ1v) is 10.3. The van der Waals surface area contributed by atoms with Crippen molar-refractivity contribution in [2.75, 3.05) is 13.1 Å². The van der Waals surface area contributed by atoms with E-state index >= 15 is 0 Å². The minimum absolute atomic E-state index is 0.00327. The van der Waals surface area contributed by atoms with Gasteiger partial charge in [-0.3, -0.25) is 9.69 Å². The Hall–Kier alpha value is -1.83. The number of carboxylic acids is 1. The minimum Gasteiger partial charge on any atom is -0.504 e. The molecule has 28 heavy (non-hydrogen) atoms.